The highest BCUT2D eigenvalue weighted by Gasteiger charge is 2.17. The smallest absolute Gasteiger partial charge is 0.336 e. The minimum atomic E-state index is -0.854. The Bertz CT molecular complexity index is 1260. The summed E-state index contributed by atoms with van der Waals surface area (Å²) < 4.78 is 16.5. The van der Waals surface area contributed by atoms with Crippen LogP contribution >= 0.6 is 0 Å². The van der Waals surface area contributed by atoms with Crippen molar-refractivity contribution in [2.24, 2.45) is 0 Å². The topological polar surface area (TPSA) is 89.9 Å². The van der Waals surface area contributed by atoms with Crippen LogP contribution in [0.2, 0.25) is 0 Å². The van der Waals surface area contributed by atoms with E-state index in [0.717, 1.165) is 38.8 Å². The van der Waals surface area contributed by atoms with E-state index in [0.29, 0.717) is 24.0 Å². The molecule has 2 heterocycles. The number of rotatable bonds is 6. The van der Waals surface area contributed by atoms with E-state index in [1.54, 1.807) is 13.4 Å². The first kappa shape index (κ1) is 18.8. The van der Waals surface area contributed by atoms with Crippen molar-refractivity contribution in [1.29, 1.82) is 0 Å². The Hall–Kier alpha value is -3.54. The van der Waals surface area contributed by atoms with Crippen molar-refractivity contribution < 1.29 is 23.5 Å². The Labute approximate surface area is 166 Å². The number of hydrogen-bond donors (Lipinski definition) is 1. The summed E-state index contributed by atoms with van der Waals surface area (Å²) in [4.78, 5) is 22.9. The van der Waals surface area contributed by atoms with Gasteiger partial charge in [0.15, 0.2) is 0 Å². The molecule has 6 heteroatoms. The third-order valence-electron chi connectivity index (χ3n) is 5.12. The molecule has 0 bridgehead atoms. The predicted molar refractivity (Wildman–Crippen MR) is 110 cm³/mol. The molecule has 6 nitrogen and oxygen atoms in total. The molecule has 0 atom stereocenters. The van der Waals surface area contributed by atoms with Crippen LogP contribution in [-0.4, -0.2) is 18.2 Å². The van der Waals surface area contributed by atoms with Gasteiger partial charge < -0.3 is 18.7 Å². The molecule has 148 valence electrons. The number of hydrogen-bond acceptors (Lipinski definition) is 5. The second-order valence-corrected chi connectivity index (χ2v) is 6.97. The molecule has 0 aliphatic rings. The molecule has 0 aliphatic carbocycles. The highest BCUT2D eigenvalue weighted by Crippen LogP contribution is 2.37. The zero-order valence-corrected chi connectivity index (χ0v) is 16.2. The quantitative estimate of drug-likeness (QED) is 0.468. The van der Waals surface area contributed by atoms with Gasteiger partial charge in [0.25, 0.3) is 0 Å². The minimum absolute atomic E-state index is 0.0474. The maximum atomic E-state index is 12.1. The maximum absolute atomic E-state index is 12.1. The molecule has 2 aromatic carbocycles. The Morgan fingerprint density at radius 1 is 1.10 bits per heavy atom. The van der Waals surface area contributed by atoms with Crippen LogP contribution in [0.25, 0.3) is 33.1 Å². The van der Waals surface area contributed by atoms with Crippen molar-refractivity contribution in [2.75, 3.05) is 7.11 Å². The van der Waals surface area contributed by atoms with Crippen molar-refractivity contribution in [3.63, 3.8) is 0 Å². The first-order valence-corrected chi connectivity index (χ1v) is 9.31. The number of carbonyl (C=O) groups is 1. The van der Waals surface area contributed by atoms with Gasteiger partial charge in [-0.25, -0.2) is 4.79 Å². The summed E-state index contributed by atoms with van der Waals surface area (Å²) in [5, 5.41) is 10.6. The predicted octanol–water partition coefficient (Wildman–Crippen LogP) is 4.93. The molecule has 0 unspecified atom stereocenters. The molecule has 0 spiro atoms. The molecule has 0 amide bonds. The van der Waals surface area contributed by atoms with Crippen LogP contribution in [0.3, 0.4) is 0 Å². The number of benzene rings is 2. The van der Waals surface area contributed by atoms with Gasteiger partial charge in [0.1, 0.15) is 16.9 Å². The monoisotopic (exact) mass is 392 g/mol. The van der Waals surface area contributed by atoms with Gasteiger partial charge in [-0.2, -0.15) is 0 Å². The SMILES string of the molecule is COc1ccc(-c2coc3c(C)c4oc(=O)cc(CCCC(=O)O)c4cc23)cc1. The van der Waals surface area contributed by atoms with Crippen molar-refractivity contribution >= 4 is 27.9 Å². The fourth-order valence-corrected chi connectivity index (χ4v) is 3.67. The Morgan fingerprint density at radius 2 is 1.86 bits per heavy atom. The molecule has 0 saturated carbocycles. The molecule has 0 fully saturated rings. The Kier molecular flexibility index (Phi) is 4.84. The van der Waals surface area contributed by atoms with E-state index in [9.17, 15) is 9.59 Å². The Morgan fingerprint density at radius 3 is 2.55 bits per heavy atom. The average molecular weight is 392 g/mol. The number of ether oxygens (including phenoxy) is 1. The summed E-state index contributed by atoms with van der Waals surface area (Å²) in [6, 6.07) is 11.1. The molecule has 2 aromatic heterocycles. The molecular formula is C23H20O6. The number of fused-ring (bicyclic) bond motifs is 2. The van der Waals surface area contributed by atoms with Gasteiger partial charge in [-0.3, -0.25) is 4.79 Å². The second-order valence-electron chi connectivity index (χ2n) is 6.97. The molecule has 1 N–H and O–H groups in total. The van der Waals surface area contributed by atoms with E-state index in [2.05, 4.69) is 0 Å². The van der Waals surface area contributed by atoms with Crippen LogP contribution in [0.5, 0.6) is 5.75 Å². The van der Waals surface area contributed by atoms with Crippen LogP contribution < -0.4 is 10.4 Å². The molecule has 29 heavy (non-hydrogen) atoms. The fraction of sp³-hybridized carbons (Fsp3) is 0.217. The van der Waals surface area contributed by atoms with Gasteiger partial charge in [0.05, 0.1) is 13.4 Å². The van der Waals surface area contributed by atoms with Crippen molar-refractivity contribution in [3.8, 4) is 16.9 Å². The first-order chi connectivity index (χ1) is 14.0. The number of aliphatic carboxylic acids is 1. The van der Waals surface area contributed by atoms with Crippen molar-refractivity contribution in [3.05, 3.63) is 64.2 Å². The van der Waals surface area contributed by atoms with Gasteiger partial charge in [0.2, 0.25) is 0 Å². The average Bonchev–Trinajstić information content (AvgIpc) is 3.13. The van der Waals surface area contributed by atoms with Gasteiger partial charge in [-0.05, 0) is 49.1 Å². The van der Waals surface area contributed by atoms with Crippen LogP contribution in [-0.2, 0) is 11.2 Å². The summed E-state index contributed by atoms with van der Waals surface area (Å²) >= 11 is 0. The molecule has 0 radical (unpaired) electrons. The highest BCUT2D eigenvalue weighted by atomic mass is 16.5. The van der Waals surface area contributed by atoms with Crippen LogP contribution in [0.15, 0.2) is 56.3 Å². The lowest BCUT2D eigenvalue weighted by molar-refractivity contribution is -0.137. The van der Waals surface area contributed by atoms with Gasteiger partial charge in [-0.15, -0.1) is 0 Å². The van der Waals surface area contributed by atoms with E-state index in [1.165, 1.54) is 6.07 Å². The van der Waals surface area contributed by atoms with E-state index < -0.39 is 11.6 Å². The molecule has 4 rings (SSSR count). The fourth-order valence-electron chi connectivity index (χ4n) is 3.67. The normalized spacial score (nSPS) is 11.2. The van der Waals surface area contributed by atoms with E-state index in [1.807, 2.05) is 37.3 Å². The summed E-state index contributed by atoms with van der Waals surface area (Å²) in [6.45, 7) is 1.86. The van der Waals surface area contributed by atoms with E-state index >= 15 is 0 Å². The summed E-state index contributed by atoms with van der Waals surface area (Å²) in [6.07, 6.45) is 2.67. The standard InChI is InChI=1S/C23H20O6/c1-13-22-18(19(12-28-22)14-6-8-16(27-2)9-7-14)11-17-15(4-3-5-20(24)25)10-21(26)29-23(13)17/h6-12H,3-5H2,1-2H3,(H,24,25). The number of carboxylic acid groups (broad SMARTS) is 1. The van der Waals surface area contributed by atoms with Crippen molar-refractivity contribution in [2.45, 2.75) is 26.2 Å². The largest absolute Gasteiger partial charge is 0.497 e. The summed E-state index contributed by atoms with van der Waals surface area (Å²) in [5.41, 5.74) is 4.12. The third kappa shape index (κ3) is 3.49. The number of carboxylic acids is 1. The molecular weight excluding hydrogens is 372 g/mol. The second kappa shape index (κ2) is 7.47. The Balaban J connectivity index is 1.89. The number of aryl methyl sites for hydroxylation is 2. The van der Waals surface area contributed by atoms with Crippen LogP contribution in [0, 0.1) is 6.92 Å². The minimum Gasteiger partial charge on any atom is -0.497 e. The third-order valence-corrected chi connectivity index (χ3v) is 5.12. The molecule has 4 aromatic rings. The lowest BCUT2D eigenvalue weighted by Crippen LogP contribution is -2.03. The lowest BCUT2D eigenvalue weighted by atomic mass is 9.97. The summed E-state index contributed by atoms with van der Waals surface area (Å²) in [5.74, 6) is -0.0851. The zero-order valence-electron chi connectivity index (χ0n) is 16.2. The van der Waals surface area contributed by atoms with Crippen LogP contribution in [0.1, 0.15) is 24.0 Å². The first-order valence-electron chi connectivity index (χ1n) is 9.31. The van der Waals surface area contributed by atoms with E-state index in [4.69, 9.17) is 18.7 Å². The lowest BCUT2D eigenvalue weighted by Gasteiger charge is -2.08. The highest BCUT2D eigenvalue weighted by molar-refractivity contribution is 6.04. The van der Waals surface area contributed by atoms with Gasteiger partial charge in [-0.1, -0.05) is 12.1 Å². The number of furan rings is 1. The molecule has 0 saturated heterocycles. The van der Waals surface area contributed by atoms with Gasteiger partial charge >= 0.3 is 11.6 Å². The number of methoxy groups -OCH3 is 1. The maximum Gasteiger partial charge on any atom is 0.336 e. The van der Waals surface area contributed by atoms with Gasteiger partial charge in [0, 0.05) is 34.4 Å². The van der Waals surface area contributed by atoms with Crippen molar-refractivity contribution in [1.82, 2.24) is 0 Å². The van der Waals surface area contributed by atoms with Crippen LogP contribution in [0.4, 0.5) is 0 Å². The zero-order chi connectivity index (χ0) is 20.5. The van der Waals surface area contributed by atoms with E-state index in [-0.39, 0.29) is 6.42 Å². The summed E-state index contributed by atoms with van der Waals surface area (Å²) in [7, 11) is 1.62. The molecule has 0 aliphatic heterocycles.